The van der Waals surface area contributed by atoms with E-state index in [4.69, 9.17) is 0 Å². The summed E-state index contributed by atoms with van der Waals surface area (Å²) in [4.78, 5) is 22.8. The number of anilines is 2. The zero-order valence-corrected chi connectivity index (χ0v) is 12.4. The molecule has 0 unspecified atom stereocenters. The van der Waals surface area contributed by atoms with E-state index in [0.717, 1.165) is 16.8 Å². The number of nitrogens with one attached hydrogen (secondary N) is 2. The highest BCUT2D eigenvalue weighted by molar-refractivity contribution is 6.53. The molecule has 23 heavy (non-hydrogen) atoms. The van der Waals surface area contributed by atoms with Gasteiger partial charge in [-0.25, -0.2) is 0 Å². The van der Waals surface area contributed by atoms with Crippen LogP contribution in [0.1, 0.15) is 18.1 Å². The molecule has 114 valence electrons. The predicted molar refractivity (Wildman–Crippen MR) is 89.9 cm³/mol. The highest BCUT2D eigenvalue weighted by Gasteiger charge is 2.25. The number of hydrogen-bond donors (Lipinski definition) is 2. The first-order chi connectivity index (χ1) is 11.1. The van der Waals surface area contributed by atoms with Crippen LogP contribution in [0.4, 0.5) is 11.4 Å². The molecule has 0 aliphatic carbocycles. The molecule has 0 spiro atoms. The molecule has 0 fully saturated rings. The molecule has 6 heteroatoms. The molecule has 0 atom stereocenters. The summed E-state index contributed by atoms with van der Waals surface area (Å²) in [5, 5.41) is 13.4. The minimum absolute atomic E-state index is 0.122. The summed E-state index contributed by atoms with van der Waals surface area (Å²) in [5.74, 6) is -0.381. The third-order valence-electron chi connectivity index (χ3n) is 3.24. The van der Waals surface area contributed by atoms with Crippen molar-refractivity contribution in [2.45, 2.75) is 6.92 Å². The van der Waals surface area contributed by atoms with E-state index in [1.165, 1.54) is 6.92 Å². The second-order valence-electron chi connectivity index (χ2n) is 5.00. The highest BCUT2D eigenvalue weighted by atomic mass is 16.2. The Bertz CT molecular complexity index is 823. The monoisotopic (exact) mass is 306 g/mol. The van der Waals surface area contributed by atoms with Crippen LogP contribution in [0.2, 0.25) is 0 Å². The number of hydrogen-bond acceptors (Lipinski definition) is 4. The average Bonchev–Trinajstić information content (AvgIpc) is 2.84. The molecular weight excluding hydrogens is 292 g/mol. The van der Waals surface area contributed by atoms with Gasteiger partial charge in [0.15, 0.2) is 5.71 Å². The first kappa shape index (κ1) is 14.6. The molecule has 3 rings (SSSR count). The lowest BCUT2D eigenvalue weighted by atomic mass is 10.1. The Morgan fingerprint density at radius 3 is 2.61 bits per heavy atom. The van der Waals surface area contributed by atoms with Gasteiger partial charge in [0, 0.05) is 18.2 Å². The van der Waals surface area contributed by atoms with Crippen molar-refractivity contribution in [3.05, 3.63) is 59.7 Å². The van der Waals surface area contributed by atoms with Crippen LogP contribution in [0, 0.1) is 0 Å². The summed E-state index contributed by atoms with van der Waals surface area (Å²) in [7, 11) is 0. The smallest absolute Gasteiger partial charge is 0.276 e. The van der Waals surface area contributed by atoms with Crippen molar-refractivity contribution >= 4 is 35.1 Å². The van der Waals surface area contributed by atoms with Gasteiger partial charge < -0.3 is 10.6 Å². The Balaban J connectivity index is 1.76. The first-order valence-electron chi connectivity index (χ1n) is 7.03. The number of amides is 2. The van der Waals surface area contributed by atoms with E-state index in [1.54, 1.807) is 30.5 Å². The van der Waals surface area contributed by atoms with E-state index in [0.29, 0.717) is 11.4 Å². The Morgan fingerprint density at radius 2 is 1.87 bits per heavy atom. The number of benzene rings is 2. The van der Waals surface area contributed by atoms with Gasteiger partial charge in [0.05, 0.1) is 11.9 Å². The maximum Gasteiger partial charge on any atom is 0.276 e. The fourth-order valence-corrected chi connectivity index (χ4v) is 2.21. The van der Waals surface area contributed by atoms with Gasteiger partial charge in [-0.15, -0.1) is 5.10 Å². The fourth-order valence-electron chi connectivity index (χ4n) is 2.21. The summed E-state index contributed by atoms with van der Waals surface area (Å²) in [6, 6.07) is 14.5. The quantitative estimate of drug-likeness (QED) is 0.674. The van der Waals surface area contributed by atoms with Crippen LogP contribution in [-0.2, 0) is 9.59 Å². The summed E-state index contributed by atoms with van der Waals surface area (Å²) in [5.41, 5.74) is 3.31. The van der Waals surface area contributed by atoms with Crippen LogP contribution in [0.5, 0.6) is 0 Å². The Labute approximate surface area is 132 Å². The molecule has 0 saturated carbocycles. The maximum atomic E-state index is 11.9. The van der Waals surface area contributed by atoms with Crippen LogP contribution < -0.4 is 10.6 Å². The number of rotatable bonds is 3. The average molecular weight is 306 g/mol. The Morgan fingerprint density at radius 1 is 1.13 bits per heavy atom. The Kier molecular flexibility index (Phi) is 3.97. The molecule has 0 saturated heterocycles. The molecule has 2 aromatic rings. The normalized spacial score (nSPS) is 14.8. The standard InChI is InChI=1S/C17H14N4O2/c1-11(22)19-13-8-6-12(7-9-13)10-18-21-16-14-4-2-3-5-15(14)20-17(16)23/h2-10H,1H3,(H,19,22)(H,20,21,23)/b18-10+. The zero-order valence-electron chi connectivity index (χ0n) is 12.4. The van der Waals surface area contributed by atoms with Crippen molar-refractivity contribution in [3.63, 3.8) is 0 Å². The minimum Gasteiger partial charge on any atom is -0.326 e. The van der Waals surface area contributed by atoms with Crippen molar-refractivity contribution in [1.82, 2.24) is 0 Å². The molecule has 0 bridgehead atoms. The third kappa shape index (κ3) is 3.32. The molecule has 1 heterocycles. The maximum absolute atomic E-state index is 11.9. The van der Waals surface area contributed by atoms with Crippen LogP contribution in [0.25, 0.3) is 0 Å². The topological polar surface area (TPSA) is 82.9 Å². The van der Waals surface area contributed by atoms with Crippen LogP contribution >= 0.6 is 0 Å². The van der Waals surface area contributed by atoms with Gasteiger partial charge in [0.1, 0.15) is 0 Å². The van der Waals surface area contributed by atoms with Gasteiger partial charge in [-0.3, -0.25) is 9.59 Å². The SMILES string of the molecule is CC(=O)Nc1ccc(/C=N/N=C2/C(=O)Nc3ccccc32)cc1. The molecule has 0 radical (unpaired) electrons. The van der Waals surface area contributed by atoms with Crippen molar-refractivity contribution < 1.29 is 9.59 Å². The number of nitrogens with zero attached hydrogens (tertiary/aromatic N) is 2. The number of para-hydroxylation sites is 1. The van der Waals surface area contributed by atoms with Gasteiger partial charge in [0.2, 0.25) is 5.91 Å². The summed E-state index contributed by atoms with van der Waals surface area (Å²) >= 11 is 0. The summed E-state index contributed by atoms with van der Waals surface area (Å²) < 4.78 is 0. The first-order valence-corrected chi connectivity index (χ1v) is 7.03. The van der Waals surface area contributed by atoms with Crippen molar-refractivity contribution in [2.24, 2.45) is 10.2 Å². The van der Waals surface area contributed by atoms with Crippen molar-refractivity contribution in [2.75, 3.05) is 10.6 Å². The molecule has 6 nitrogen and oxygen atoms in total. The number of carbonyl (C=O) groups excluding carboxylic acids is 2. The van der Waals surface area contributed by atoms with Crippen LogP contribution in [0.3, 0.4) is 0 Å². The highest BCUT2D eigenvalue weighted by Crippen LogP contribution is 2.22. The summed E-state index contributed by atoms with van der Waals surface area (Å²) in [6.07, 6.45) is 1.55. The fraction of sp³-hybridized carbons (Fsp3) is 0.0588. The van der Waals surface area contributed by atoms with Crippen molar-refractivity contribution in [1.29, 1.82) is 0 Å². The Hall–Kier alpha value is -3.28. The van der Waals surface area contributed by atoms with E-state index in [9.17, 15) is 9.59 Å². The van der Waals surface area contributed by atoms with Gasteiger partial charge in [-0.05, 0) is 23.8 Å². The number of fused-ring (bicyclic) bond motifs is 1. The van der Waals surface area contributed by atoms with Crippen molar-refractivity contribution in [3.8, 4) is 0 Å². The minimum atomic E-state index is -0.260. The van der Waals surface area contributed by atoms with E-state index < -0.39 is 0 Å². The molecular formula is C17H14N4O2. The van der Waals surface area contributed by atoms with E-state index in [-0.39, 0.29) is 11.8 Å². The van der Waals surface area contributed by atoms with Crippen LogP contribution in [-0.4, -0.2) is 23.7 Å². The number of carbonyl (C=O) groups is 2. The van der Waals surface area contributed by atoms with E-state index >= 15 is 0 Å². The van der Waals surface area contributed by atoms with Gasteiger partial charge in [-0.1, -0.05) is 30.3 Å². The molecule has 0 aromatic heterocycles. The lowest BCUT2D eigenvalue weighted by Crippen LogP contribution is -2.13. The third-order valence-corrected chi connectivity index (χ3v) is 3.24. The van der Waals surface area contributed by atoms with E-state index in [2.05, 4.69) is 20.8 Å². The molecule has 2 N–H and O–H groups in total. The molecule has 2 aromatic carbocycles. The molecule has 1 aliphatic rings. The summed E-state index contributed by atoms with van der Waals surface area (Å²) in [6.45, 7) is 1.45. The van der Waals surface area contributed by atoms with Gasteiger partial charge in [-0.2, -0.15) is 5.10 Å². The lowest BCUT2D eigenvalue weighted by Gasteiger charge is -2.01. The van der Waals surface area contributed by atoms with E-state index in [1.807, 2.05) is 24.3 Å². The molecule has 1 aliphatic heterocycles. The molecule has 2 amide bonds. The van der Waals surface area contributed by atoms with Crippen LogP contribution in [0.15, 0.2) is 58.7 Å². The lowest BCUT2D eigenvalue weighted by molar-refractivity contribution is -0.114. The zero-order chi connectivity index (χ0) is 16.2. The predicted octanol–water partition coefficient (Wildman–Crippen LogP) is 2.42. The second kappa shape index (κ2) is 6.23. The van der Waals surface area contributed by atoms with Gasteiger partial charge in [0.25, 0.3) is 5.91 Å². The van der Waals surface area contributed by atoms with Gasteiger partial charge >= 0.3 is 0 Å². The largest absolute Gasteiger partial charge is 0.326 e. The second-order valence-corrected chi connectivity index (χ2v) is 5.00.